The molecule has 0 aliphatic carbocycles. The summed E-state index contributed by atoms with van der Waals surface area (Å²) in [6.45, 7) is 11.8. The average Bonchev–Trinajstić information content (AvgIpc) is 2.16. The predicted molar refractivity (Wildman–Crippen MR) is 72.2 cm³/mol. The number of carbonyl (C=O) groups is 1. The van der Waals surface area contributed by atoms with Crippen molar-refractivity contribution in [3.8, 4) is 0 Å². The lowest BCUT2D eigenvalue weighted by Gasteiger charge is -2.21. The number of rotatable bonds is 8. The van der Waals surface area contributed by atoms with E-state index in [0.717, 1.165) is 32.2 Å². The maximum atomic E-state index is 10.9. The fourth-order valence-electron chi connectivity index (χ4n) is 1.75. The van der Waals surface area contributed by atoms with Gasteiger partial charge in [-0.3, -0.25) is 4.79 Å². The van der Waals surface area contributed by atoms with Gasteiger partial charge in [-0.2, -0.15) is 0 Å². The van der Waals surface area contributed by atoms with E-state index in [1.165, 1.54) is 0 Å². The van der Waals surface area contributed by atoms with Crippen LogP contribution in [0.1, 0.15) is 60.3 Å². The molecule has 0 fully saturated rings. The number of aliphatic carboxylic acids is 1. The Morgan fingerprint density at radius 1 is 1.29 bits per heavy atom. The van der Waals surface area contributed by atoms with Crippen molar-refractivity contribution in [3.63, 3.8) is 0 Å². The summed E-state index contributed by atoms with van der Waals surface area (Å²) in [6, 6.07) is 0.408. The van der Waals surface area contributed by atoms with Gasteiger partial charge in [0.1, 0.15) is 0 Å². The Morgan fingerprint density at radius 2 is 1.88 bits per heavy atom. The van der Waals surface area contributed by atoms with Crippen LogP contribution in [-0.4, -0.2) is 23.7 Å². The van der Waals surface area contributed by atoms with Crippen molar-refractivity contribution >= 4 is 5.97 Å². The topological polar surface area (TPSA) is 49.3 Å². The summed E-state index contributed by atoms with van der Waals surface area (Å²) < 4.78 is 0. The van der Waals surface area contributed by atoms with E-state index < -0.39 is 5.97 Å². The smallest absolute Gasteiger partial charge is 0.306 e. The molecule has 0 amide bonds. The number of hydrogen-bond acceptors (Lipinski definition) is 2. The number of carboxylic acid groups (broad SMARTS) is 1. The Morgan fingerprint density at radius 3 is 2.29 bits per heavy atom. The first-order valence-corrected chi connectivity index (χ1v) is 6.72. The van der Waals surface area contributed by atoms with Gasteiger partial charge in [0.25, 0.3) is 0 Å². The van der Waals surface area contributed by atoms with Crippen LogP contribution in [-0.2, 0) is 4.79 Å². The molecular weight excluding hydrogens is 214 g/mol. The quantitative estimate of drug-likeness (QED) is 0.687. The highest BCUT2D eigenvalue weighted by atomic mass is 16.4. The molecule has 0 bridgehead atoms. The molecule has 0 spiro atoms. The zero-order valence-corrected chi connectivity index (χ0v) is 12.0. The van der Waals surface area contributed by atoms with Crippen LogP contribution < -0.4 is 5.32 Å². The van der Waals surface area contributed by atoms with Crippen LogP contribution in [0.4, 0.5) is 0 Å². The molecule has 0 rings (SSSR count). The van der Waals surface area contributed by atoms with E-state index in [2.05, 4.69) is 33.0 Å². The third-order valence-corrected chi connectivity index (χ3v) is 3.16. The van der Waals surface area contributed by atoms with Gasteiger partial charge < -0.3 is 10.4 Å². The molecular formula is C14H29NO2. The lowest BCUT2D eigenvalue weighted by Crippen LogP contribution is -2.30. The fourth-order valence-corrected chi connectivity index (χ4v) is 1.75. The van der Waals surface area contributed by atoms with E-state index in [0.29, 0.717) is 11.5 Å². The minimum atomic E-state index is -0.658. The first-order chi connectivity index (χ1) is 7.76. The van der Waals surface area contributed by atoms with Crippen LogP contribution in [0.25, 0.3) is 0 Å². The van der Waals surface area contributed by atoms with E-state index in [-0.39, 0.29) is 5.92 Å². The molecule has 2 atom stereocenters. The summed E-state index contributed by atoms with van der Waals surface area (Å²) in [5.41, 5.74) is 0.361. The first kappa shape index (κ1) is 16.4. The van der Waals surface area contributed by atoms with Gasteiger partial charge in [-0.1, -0.05) is 27.7 Å². The molecule has 3 nitrogen and oxygen atoms in total. The zero-order chi connectivity index (χ0) is 13.5. The number of nitrogens with one attached hydrogen (secondary N) is 1. The van der Waals surface area contributed by atoms with E-state index >= 15 is 0 Å². The van der Waals surface area contributed by atoms with Crippen molar-refractivity contribution in [1.29, 1.82) is 0 Å². The van der Waals surface area contributed by atoms with Crippen molar-refractivity contribution < 1.29 is 9.90 Å². The van der Waals surface area contributed by atoms with Crippen LogP contribution in [0, 0.1) is 11.3 Å². The lowest BCUT2D eigenvalue weighted by atomic mass is 9.92. The molecule has 0 radical (unpaired) electrons. The molecule has 0 aromatic carbocycles. The minimum Gasteiger partial charge on any atom is -0.481 e. The molecule has 0 aliphatic heterocycles. The highest BCUT2D eigenvalue weighted by Gasteiger charge is 2.16. The Labute approximate surface area is 106 Å². The molecule has 0 saturated carbocycles. The molecule has 0 aromatic heterocycles. The van der Waals surface area contributed by atoms with Gasteiger partial charge in [0.15, 0.2) is 0 Å². The second-order valence-corrected chi connectivity index (χ2v) is 6.19. The molecule has 0 aliphatic rings. The number of carboxylic acids is 1. The molecule has 2 N–H and O–H groups in total. The highest BCUT2D eigenvalue weighted by Crippen LogP contribution is 2.17. The largest absolute Gasteiger partial charge is 0.481 e. The van der Waals surface area contributed by atoms with E-state index in [1.54, 1.807) is 0 Å². The van der Waals surface area contributed by atoms with Crippen LogP contribution in [0.2, 0.25) is 0 Å². The third-order valence-electron chi connectivity index (χ3n) is 3.16. The number of hydrogen-bond donors (Lipinski definition) is 2. The fraction of sp³-hybridized carbons (Fsp3) is 0.929. The van der Waals surface area contributed by atoms with Gasteiger partial charge in [-0.25, -0.2) is 0 Å². The van der Waals surface area contributed by atoms with Crippen molar-refractivity contribution in [3.05, 3.63) is 0 Å². The normalized spacial score (nSPS) is 15.6. The van der Waals surface area contributed by atoms with Crippen molar-refractivity contribution in [2.75, 3.05) is 6.54 Å². The molecule has 0 saturated heterocycles. The molecule has 2 unspecified atom stereocenters. The van der Waals surface area contributed by atoms with Gasteiger partial charge in [-0.05, 0) is 44.6 Å². The van der Waals surface area contributed by atoms with Crippen molar-refractivity contribution in [2.24, 2.45) is 11.3 Å². The summed E-state index contributed by atoms with van der Waals surface area (Å²) in [6.07, 6.45) is 3.59. The van der Waals surface area contributed by atoms with Gasteiger partial charge in [0, 0.05) is 6.04 Å². The van der Waals surface area contributed by atoms with Crippen LogP contribution in [0.5, 0.6) is 0 Å². The lowest BCUT2D eigenvalue weighted by molar-refractivity contribution is -0.142. The van der Waals surface area contributed by atoms with Gasteiger partial charge in [-0.15, -0.1) is 0 Å². The predicted octanol–water partition coefficient (Wildman–Crippen LogP) is 3.29. The van der Waals surface area contributed by atoms with Crippen LogP contribution >= 0.6 is 0 Å². The minimum absolute atomic E-state index is 0.179. The standard InChI is InChI=1S/C14H29NO2/c1-6-12(13(16)17)8-7-11(2)15-10-9-14(3,4)5/h11-12,15H,6-10H2,1-5H3,(H,16,17). The zero-order valence-electron chi connectivity index (χ0n) is 12.0. The van der Waals surface area contributed by atoms with E-state index in [9.17, 15) is 4.79 Å². The maximum Gasteiger partial charge on any atom is 0.306 e. The van der Waals surface area contributed by atoms with Crippen LogP contribution in [0.3, 0.4) is 0 Å². The first-order valence-electron chi connectivity index (χ1n) is 6.72. The Hall–Kier alpha value is -0.570. The second kappa shape index (κ2) is 7.70. The molecule has 3 heteroatoms. The highest BCUT2D eigenvalue weighted by molar-refractivity contribution is 5.69. The SMILES string of the molecule is CCC(CCC(C)NCCC(C)(C)C)C(=O)O. The Kier molecular flexibility index (Phi) is 7.44. The summed E-state index contributed by atoms with van der Waals surface area (Å²) in [5.74, 6) is -0.837. The Balaban J connectivity index is 3.72. The Bertz CT molecular complexity index is 221. The second-order valence-electron chi connectivity index (χ2n) is 6.19. The van der Waals surface area contributed by atoms with Gasteiger partial charge in [0.2, 0.25) is 0 Å². The summed E-state index contributed by atoms with van der Waals surface area (Å²) in [4.78, 5) is 10.9. The van der Waals surface area contributed by atoms with Gasteiger partial charge in [0.05, 0.1) is 5.92 Å². The summed E-state index contributed by atoms with van der Waals surface area (Å²) >= 11 is 0. The monoisotopic (exact) mass is 243 g/mol. The van der Waals surface area contributed by atoms with Crippen LogP contribution in [0.15, 0.2) is 0 Å². The molecule has 17 heavy (non-hydrogen) atoms. The van der Waals surface area contributed by atoms with Crippen molar-refractivity contribution in [2.45, 2.75) is 66.3 Å². The van der Waals surface area contributed by atoms with Gasteiger partial charge >= 0.3 is 5.97 Å². The maximum absolute atomic E-state index is 10.9. The summed E-state index contributed by atoms with van der Waals surface area (Å²) in [7, 11) is 0. The molecule has 102 valence electrons. The van der Waals surface area contributed by atoms with Crippen molar-refractivity contribution in [1.82, 2.24) is 5.32 Å². The average molecular weight is 243 g/mol. The van der Waals surface area contributed by atoms with E-state index in [1.807, 2.05) is 6.92 Å². The summed E-state index contributed by atoms with van der Waals surface area (Å²) in [5, 5.41) is 12.4. The van der Waals surface area contributed by atoms with E-state index in [4.69, 9.17) is 5.11 Å². The molecule has 0 aromatic rings. The molecule has 0 heterocycles. The third kappa shape index (κ3) is 9.16.